The van der Waals surface area contributed by atoms with E-state index in [4.69, 9.17) is 0 Å². The van der Waals surface area contributed by atoms with Gasteiger partial charge in [0, 0.05) is 0 Å². The number of allylic oxidation sites excluding steroid dienone is 1. The van der Waals surface area contributed by atoms with Crippen molar-refractivity contribution < 1.29 is 0 Å². The molecular weight excluding hydrogens is 156 g/mol. The van der Waals surface area contributed by atoms with Crippen molar-refractivity contribution >= 4 is 0 Å². The van der Waals surface area contributed by atoms with Gasteiger partial charge in [-0.3, -0.25) is 0 Å². The van der Waals surface area contributed by atoms with Crippen LogP contribution >= 0.6 is 0 Å². The van der Waals surface area contributed by atoms with E-state index in [-0.39, 0.29) is 0 Å². The monoisotopic (exact) mass is 186 g/mol. The Hall–Kier alpha value is -0.260. The highest BCUT2D eigenvalue weighted by Gasteiger charge is 1.75. The van der Waals surface area contributed by atoms with E-state index in [1.807, 2.05) is 6.92 Å². The number of unbranched alkanes of at least 4 members (excludes halogenated alkanes) is 4. The van der Waals surface area contributed by atoms with Gasteiger partial charge < -0.3 is 0 Å². The van der Waals surface area contributed by atoms with Gasteiger partial charge in [0.1, 0.15) is 0 Å². The summed E-state index contributed by atoms with van der Waals surface area (Å²) >= 11 is 0. The second-order valence-electron chi connectivity index (χ2n) is 3.12. The van der Waals surface area contributed by atoms with Gasteiger partial charge in [-0.2, -0.15) is 0 Å². The maximum Gasteiger partial charge on any atom is -0.0473 e. The molecule has 0 radical (unpaired) electrons. The molecule has 0 aliphatic carbocycles. The Labute approximate surface area is 86.4 Å². The minimum Gasteiger partial charge on any atom is -0.103 e. The van der Waals surface area contributed by atoms with E-state index >= 15 is 0 Å². The number of hydrogen-bond acceptors (Lipinski definition) is 0. The molecule has 0 rings (SSSR count). The Kier molecular flexibility index (Phi) is 42.4. The summed E-state index contributed by atoms with van der Waals surface area (Å²) in [6.07, 6.45) is 9.93. The summed E-state index contributed by atoms with van der Waals surface area (Å²) in [5.74, 6) is 0. The zero-order chi connectivity index (χ0) is 10.9. The first-order valence-corrected chi connectivity index (χ1v) is 5.81. The summed E-state index contributed by atoms with van der Waals surface area (Å²) in [6.45, 7) is 14.1. The standard InChI is InChI=1S/C6H14.C4H10.C3H6/c1-3-5-6-4-2;1-3-4-2;1-3-2/h3-6H2,1-2H3;3-4H2,1-2H3;3H,1H2,2H3. The fourth-order valence-electron chi connectivity index (χ4n) is 0.500. The summed E-state index contributed by atoms with van der Waals surface area (Å²) in [6, 6.07) is 0. The van der Waals surface area contributed by atoms with Crippen LogP contribution < -0.4 is 0 Å². The predicted octanol–water partition coefficient (Wildman–Crippen LogP) is 5.59. The molecule has 0 aromatic carbocycles. The van der Waals surface area contributed by atoms with E-state index in [1.165, 1.54) is 38.5 Å². The summed E-state index contributed by atoms with van der Waals surface area (Å²) in [5.41, 5.74) is 0. The van der Waals surface area contributed by atoms with Crippen molar-refractivity contribution in [2.75, 3.05) is 0 Å². The molecule has 0 bridgehead atoms. The molecule has 0 fully saturated rings. The molecule has 0 aromatic heterocycles. The maximum atomic E-state index is 3.36. The lowest BCUT2D eigenvalue weighted by Gasteiger charge is -1.86. The number of hydrogen-bond donors (Lipinski definition) is 0. The van der Waals surface area contributed by atoms with Gasteiger partial charge in [0.15, 0.2) is 0 Å². The molecule has 0 amide bonds. The molecule has 0 spiro atoms. The Morgan fingerprint density at radius 3 is 1.08 bits per heavy atom. The van der Waals surface area contributed by atoms with Crippen LogP contribution in [0.2, 0.25) is 0 Å². The minimum absolute atomic E-state index is 1.32. The molecule has 0 N–H and O–H groups in total. The topological polar surface area (TPSA) is 0 Å². The third-order valence-corrected chi connectivity index (χ3v) is 1.46. The van der Waals surface area contributed by atoms with Crippen LogP contribution in [-0.2, 0) is 0 Å². The molecule has 0 atom stereocenters. The van der Waals surface area contributed by atoms with Gasteiger partial charge in [-0.15, -0.1) is 6.58 Å². The molecule has 0 heteroatoms. The van der Waals surface area contributed by atoms with Crippen LogP contribution in [-0.4, -0.2) is 0 Å². The molecule has 0 saturated heterocycles. The average molecular weight is 186 g/mol. The van der Waals surface area contributed by atoms with Crippen LogP contribution in [0, 0.1) is 0 Å². The summed E-state index contributed by atoms with van der Waals surface area (Å²) in [4.78, 5) is 0. The third-order valence-electron chi connectivity index (χ3n) is 1.46. The summed E-state index contributed by atoms with van der Waals surface area (Å²) in [5, 5.41) is 0. The van der Waals surface area contributed by atoms with Crippen LogP contribution in [0.4, 0.5) is 0 Å². The Morgan fingerprint density at radius 1 is 0.769 bits per heavy atom. The normalized spacial score (nSPS) is 7.46. The molecule has 13 heavy (non-hydrogen) atoms. The van der Waals surface area contributed by atoms with Gasteiger partial charge in [-0.1, -0.05) is 72.3 Å². The lowest BCUT2D eigenvalue weighted by atomic mass is 10.2. The van der Waals surface area contributed by atoms with E-state index in [9.17, 15) is 0 Å². The van der Waals surface area contributed by atoms with Crippen LogP contribution in [0.25, 0.3) is 0 Å². The van der Waals surface area contributed by atoms with E-state index in [0.717, 1.165) is 0 Å². The third kappa shape index (κ3) is 79.6. The second-order valence-corrected chi connectivity index (χ2v) is 3.12. The van der Waals surface area contributed by atoms with Crippen LogP contribution in [0.15, 0.2) is 12.7 Å². The molecule has 0 aromatic rings. The molecular formula is C13H30. The van der Waals surface area contributed by atoms with Gasteiger partial charge in [0.05, 0.1) is 0 Å². The minimum atomic E-state index is 1.32. The lowest BCUT2D eigenvalue weighted by Crippen LogP contribution is -1.66. The molecule has 0 nitrogen and oxygen atoms in total. The number of rotatable bonds is 4. The highest BCUT2D eigenvalue weighted by Crippen LogP contribution is 1.95. The molecule has 82 valence electrons. The van der Waals surface area contributed by atoms with Crippen molar-refractivity contribution in [3.63, 3.8) is 0 Å². The van der Waals surface area contributed by atoms with Crippen LogP contribution in [0.3, 0.4) is 0 Å². The van der Waals surface area contributed by atoms with Crippen LogP contribution in [0.1, 0.15) is 73.1 Å². The van der Waals surface area contributed by atoms with Crippen molar-refractivity contribution in [2.24, 2.45) is 0 Å². The quantitative estimate of drug-likeness (QED) is 0.397. The smallest absolute Gasteiger partial charge is 0.0473 e. The van der Waals surface area contributed by atoms with Crippen molar-refractivity contribution in [3.8, 4) is 0 Å². The second kappa shape index (κ2) is 29.8. The Bertz CT molecular complexity index is 49.1. The molecule has 0 heterocycles. The van der Waals surface area contributed by atoms with Crippen LogP contribution in [0.5, 0.6) is 0 Å². The van der Waals surface area contributed by atoms with Gasteiger partial charge in [-0.05, 0) is 6.92 Å². The van der Waals surface area contributed by atoms with Crippen molar-refractivity contribution in [1.82, 2.24) is 0 Å². The zero-order valence-corrected chi connectivity index (χ0v) is 10.5. The van der Waals surface area contributed by atoms with Gasteiger partial charge in [0.25, 0.3) is 0 Å². The highest BCUT2D eigenvalue weighted by atomic mass is 13.8. The van der Waals surface area contributed by atoms with Gasteiger partial charge in [-0.25, -0.2) is 0 Å². The first kappa shape index (κ1) is 18.5. The fraction of sp³-hybridized carbons (Fsp3) is 0.846. The summed E-state index contributed by atoms with van der Waals surface area (Å²) in [7, 11) is 0. The van der Waals surface area contributed by atoms with Gasteiger partial charge in [0.2, 0.25) is 0 Å². The average Bonchev–Trinajstić information content (AvgIpc) is 2.16. The molecule has 0 saturated carbocycles. The molecule has 0 aliphatic heterocycles. The SMILES string of the molecule is C=CC.CCCC.CCCCCC. The first-order chi connectivity index (χ1) is 6.24. The zero-order valence-electron chi connectivity index (χ0n) is 10.5. The maximum absolute atomic E-state index is 3.36. The predicted molar refractivity (Wildman–Crippen MR) is 66.3 cm³/mol. The van der Waals surface area contributed by atoms with Gasteiger partial charge >= 0.3 is 0 Å². The van der Waals surface area contributed by atoms with E-state index in [0.29, 0.717) is 0 Å². The first-order valence-electron chi connectivity index (χ1n) is 5.81. The fourth-order valence-corrected chi connectivity index (χ4v) is 0.500. The highest BCUT2D eigenvalue weighted by molar-refractivity contribution is 4.51. The Balaban J connectivity index is -0.000000125. The largest absolute Gasteiger partial charge is 0.103 e. The Morgan fingerprint density at radius 2 is 1.00 bits per heavy atom. The van der Waals surface area contributed by atoms with E-state index in [1.54, 1.807) is 6.08 Å². The van der Waals surface area contributed by atoms with E-state index < -0.39 is 0 Å². The summed E-state index contributed by atoms with van der Waals surface area (Å²) < 4.78 is 0. The lowest BCUT2D eigenvalue weighted by molar-refractivity contribution is 0.702. The van der Waals surface area contributed by atoms with Crippen molar-refractivity contribution in [1.29, 1.82) is 0 Å². The molecule has 0 aliphatic rings. The van der Waals surface area contributed by atoms with E-state index in [2.05, 4.69) is 34.3 Å². The van der Waals surface area contributed by atoms with Crippen molar-refractivity contribution in [3.05, 3.63) is 12.7 Å². The molecule has 0 unspecified atom stereocenters. The van der Waals surface area contributed by atoms with Crippen molar-refractivity contribution in [2.45, 2.75) is 73.1 Å².